The first-order valence-corrected chi connectivity index (χ1v) is 8.17. The van der Waals surface area contributed by atoms with Gasteiger partial charge in [-0.15, -0.1) is 0 Å². The Morgan fingerprint density at radius 1 is 1.21 bits per heavy atom. The maximum Gasteiger partial charge on any atom is 0.342 e. The number of phenolic OH excluding ortho intramolecular Hbond substituents is 1. The van der Waals surface area contributed by atoms with Gasteiger partial charge in [0.25, 0.3) is 5.91 Å². The molecule has 2 N–H and O–H groups in total. The molecule has 2 aromatic rings. The van der Waals surface area contributed by atoms with Gasteiger partial charge in [-0.3, -0.25) is 4.79 Å². The number of rotatable bonds is 5. The van der Waals surface area contributed by atoms with E-state index in [1.165, 1.54) is 12.1 Å². The van der Waals surface area contributed by atoms with Crippen molar-refractivity contribution in [1.82, 2.24) is 5.32 Å². The molecular weight excluding hydrogens is 374 g/mol. The first kappa shape index (κ1) is 18.0. The van der Waals surface area contributed by atoms with Gasteiger partial charge in [-0.05, 0) is 43.7 Å². The van der Waals surface area contributed by atoms with Crippen LogP contribution in [0.2, 0.25) is 0 Å². The summed E-state index contributed by atoms with van der Waals surface area (Å²) in [6.07, 6.45) is 0. The van der Waals surface area contributed by atoms with Gasteiger partial charge in [0.05, 0.1) is 6.04 Å². The maximum absolute atomic E-state index is 11.9. The number of ether oxygens (including phenoxy) is 1. The number of aryl methyl sites for hydroxylation is 1. The topological polar surface area (TPSA) is 75.6 Å². The molecule has 1 atom stereocenters. The minimum absolute atomic E-state index is 0.0451. The van der Waals surface area contributed by atoms with Crippen LogP contribution < -0.4 is 5.32 Å². The van der Waals surface area contributed by atoms with Gasteiger partial charge >= 0.3 is 5.97 Å². The Labute approximate surface area is 148 Å². The second-order valence-corrected chi connectivity index (χ2v) is 6.35. The van der Waals surface area contributed by atoms with Crippen molar-refractivity contribution in [3.63, 3.8) is 0 Å². The van der Waals surface area contributed by atoms with Gasteiger partial charge in [0.15, 0.2) is 6.61 Å². The SMILES string of the molecule is Cc1ccc(O)c(C(=O)OCC(=O)N[C@H](C)c2ccc(Br)cc2)c1. The van der Waals surface area contributed by atoms with Gasteiger partial charge in [0.1, 0.15) is 11.3 Å². The first-order valence-electron chi connectivity index (χ1n) is 7.38. The molecule has 1 amide bonds. The van der Waals surface area contributed by atoms with Crippen LogP contribution in [0.4, 0.5) is 0 Å². The molecule has 24 heavy (non-hydrogen) atoms. The van der Waals surface area contributed by atoms with E-state index >= 15 is 0 Å². The van der Waals surface area contributed by atoms with E-state index in [4.69, 9.17) is 4.74 Å². The van der Waals surface area contributed by atoms with Crippen LogP contribution in [0.15, 0.2) is 46.9 Å². The molecule has 0 saturated carbocycles. The predicted octanol–water partition coefficient (Wildman–Crippen LogP) is 3.50. The highest BCUT2D eigenvalue weighted by Crippen LogP contribution is 2.19. The third-order valence-electron chi connectivity index (χ3n) is 3.45. The van der Waals surface area contributed by atoms with Crippen molar-refractivity contribution in [1.29, 1.82) is 0 Å². The first-order chi connectivity index (χ1) is 11.4. The fourth-order valence-electron chi connectivity index (χ4n) is 2.14. The molecule has 0 aliphatic rings. The highest BCUT2D eigenvalue weighted by molar-refractivity contribution is 9.10. The second-order valence-electron chi connectivity index (χ2n) is 5.44. The van der Waals surface area contributed by atoms with Crippen molar-refractivity contribution in [2.45, 2.75) is 19.9 Å². The lowest BCUT2D eigenvalue weighted by Gasteiger charge is -2.14. The monoisotopic (exact) mass is 391 g/mol. The highest BCUT2D eigenvalue weighted by atomic mass is 79.9. The molecule has 0 aliphatic carbocycles. The highest BCUT2D eigenvalue weighted by Gasteiger charge is 2.16. The lowest BCUT2D eigenvalue weighted by Crippen LogP contribution is -2.31. The zero-order valence-corrected chi connectivity index (χ0v) is 15.0. The molecule has 0 heterocycles. The number of hydrogen-bond donors (Lipinski definition) is 2. The number of benzene rings is 2. The molecule has 2 rings (SSSR count). The predicted molar refractivity (Wildman–Crippen MR) is 93.8 cm³/mol. The summed E-state index contributed by atoms with van der Waals surface area (Å²) in [6.45, 7) is 3.23. The minimum Gasteiger partial charge on any atom is -0.507 e. The average molecular weight is 392 g/mol. The lowest BCUT2D eigenvalue weighted by molar-refractivity contribution is -0.124. The van der Waals surface area contributed by atoms with Crippen molar-refractivity contribution < 1.29 is 19.4 Å². The lowest BCUT2D eigenvalue weighted by atomic mass is 10.1. The number of aromatic hydroxyl groups is 1. The summed E-state index contributed by atoms with van der Waals surface area (Å²) in [5, 5.41) is 12.4. The molecule has 2 aromatic carbocycles. The van der Waals surface area contributed by atoms with Gasteiger partial charge in [-0.2, -0.15) is 0 Å². The zero-order valence-electron chi connectivity index (χ0n) is 13.4. The normalized spacial score (nSPS) is 11.6. The van der Waals surface area contributed by atoms with E-state index in [0.717, 1.165) is 15.6 Å². The number of hydrogen-bond acceptors (Lipinski definition) is 4. The van der Waals surface area contributed by atoms with Crippen LogP contribution in [-0.4, -0.2) is 23.6 Å². The van der Waals surface area contributed by atoms with Gasteiger partial charge in [-0.25, -0.2) is 4.79 Å². The van der Waals surface area contributed by atoms with E-state index < -0.39 is 18.5 Å². The number of carbonyl (C=O) groups excluding carboxylic acids is 2. The Morgan fingerprint density at radius 3 is 2.54 bits per heavy atom. The molecule has 5 nitrogen and oxygen atoms in total. The molecule has 126 valence electrons. The Hall–Kier alpha value is -2.34. The smallest absolute Gasteiger partial charge is 0.342 e. The fraction of sp³-hybridized carbons (Fsp3) is 0.222. The van der Waals surface area contributed by atoms with Crippen LogP contribution in [0.5, 0.6) is 5.75 Å². The van der Waals surface area contributed by atoms with E-state index in [-0.39, 0.29) is 17.4 Å². The number of amides is 1. The Morgan fingerprint density at radius 2 is 1.88 bits per heavy atom. The van der Waals surface area contributed by atoms with Gasteiger partial charge in [-0.1, -0.05) is 39.7 Å². The molecule has 0 spiro atoms. The van der Waals surface area contributed by atoms with Gasteiger partial charge in [0.2, 0.25) is 0 Å². The van der Waals surface area contributed by atoms with Gasteiger partial charge in [0, 0.05) is 4.47 Å². The largest absolute Gasteiger partial charge is 0.507 e. The van der Waals surface area contributed by atoms with Crippen molar-refractivity contribution in [2.24, 2.45) is 0 Å². The van der Waals surface area contributed by atoms with E-state index in [9.17, 15) is 14.7 Å². The summed E-state index contributed by atoms with van der Waals surface area (Å²) in [5.74, 6) is -1.32. The van der Waals surface area contributed by atoms with Crippen LogP contribution in [0, 0.1) is 6.92 Å². The van der Waals surface area contributed by atoms with Crippen molar-refractivity contribution in [3.05, 3.63) is 63.6 Å². The van der Waals surface area contributed by atoms with Crippen molar-refractivity contribution >= 4 is 27.8 Å². The van der Waals surface area contributed by atoms with Crippen LogP contribution >= 0.6 is 15.9 Å². The van der Waals surface area contributed by atoms with Crippen LogP contribution in [0.1, 0.15) is 34.5 Å². The summed E-state index contributed by atoms with van der Waals surface area (Å²) < 4.78 is 5.92. The Balaban J connectivity index is 1.89. The van der Waals surface area contributed by atoms with E-state index in [1.807, 2.05) is 31.2 Å². The fourth-order valence-corrected chi connectivity index (χ4v) is 2.40. The van der Waals surface area contributed by atoms with Crippen molar-refractivity contribution in [3.8, 4) is 5.75 Å². The molecule has 0 radical (unpaired) electrons. The standard InChI is InChI=1S/C18H18BrNO4/c1-11-3-8-16(21)15(9-11)18(23)24-10-17(22)20-12(2)13-4-6-14(19)7-5-13/h3-9,12,21H,10H2,1-2H3,(H,20,22)/t12-/m1/s1. The van der Waals surface area contributed by atoms with Crippen LogP contribution in [0.25, 0.3) is 0 Å². The van der Waals surface area contributed by atoms with E-state index in [2.05, 4.69) is 21.2 Å². The second kappa shape index (κ2) is 7.97. The quantitative estimate of drug-likeness (QED) is 0.764. The van der Waals surface area contributed by atoms with Crippen molar-refractivity contribution in [2.75, 3.05) is 6.61 Å². The third kappa shape index (κ3) is 4.83. The van der Waals surface area contributed by atoms with E-state index in [1.54, 1.807) is 13.0 Å². The minimum atomic E-state index is -0.734. The summed E-state index contributed by atoms with van der Waals surface area (Å²) in [5.41, 5.74) is 1.80. The molecule has 0 fully saturated rings. The van der Waals surface area contributed by atoms with E-state index in [0.29, 0.717) is 0 Å². The summed E-state index contributed by atoms with van der Waals surface area (Å²) >= 11 is 3.35. The van der Waals surface area contributed by atoms with Crippen LogP contribution in [-0.2, 0) is 9.53 Å². The van der Waals surface area contributed by atoms with Gasteiger partial charge < -0.3 is 15.2 Å². The summed E-state index contributed by atoms with van der Waals surface area (Å²) in [6, 6.07) is 12.0. The number of halogens is 1. The molecule has 0 unspecified atom stereocenters. The molecule has 0 aromatic heterocycles. The number of carbonyl (C=O) groups is 2. The molecule has 0 saturated heterocycles. The summed E-state index contributed by atoms with van der Waals surface area (Å²) in [4.78, 5) is 23.9. The molecule has 6 heteroatoms. The summed E-state index contributed by atoms with van der Waals surface area (Å²) in [7, 11) is 0. The van der Waals surface area contributed by atoms with Crippen LogP contribution in [0.3, 0.4) is 0 Å². The Bertz CT molecular complexity index is 743. The average Bonchev–Trinajstić information content (AvgIpc) is 2.55. The third-order valence-corrected chi connectivity index (χ3v) is 3.98. The number of esters is 1. The maximum atomic E-state index is 11.9. The molecular formula is C18H18BrNO4. The zero-order chi connectivity index (χ0) is 17.7. The Kier molecular flexibility index (Phi) is 5.98. The molecule has 0 aliphatic heterocycles. The number of phenols is 1. The number of nitrogens with one attached hydrogen (secondary N) is 1. The molecule has 0 bridgehead atoms.